The van der Waals surface area contributed by atoms with Crippen LogP contribution in [0.1, 0.15) is 27.2 Å². The van der Waals surface area contributed by atoms with Crippen LogP contribution in [0.25, 0.3) is 0 Å². The minimum atomic E-state index is -5.08. The van der Waals surface area contributed by atoms with Gasteiger partial charge in [-0.05, 0) is 0 Å². The molecule has 0 aliphatic heterocycles. The Bertz CT molecular complexity index is 576. The Morgan fingerprint density at radius 3 is 1.96 bits per heavy atom. The van der Waals surface area contributed by atoms with Crippen LogP contribution >= 0.6 is 0 Å². The standard InChI is InChI=1S/C14H25AsN2O4.C2HF3O2/c1-6-7-21-10(18)8-9(15)12(19)17-11(13(20)16-5)14(2,3)4;3-2(4,5)1(6)7/h6,9,11H,1,7-8,15H2,2-5H3,(H,16,20)(H,17,19);(H,6,7). The molecule has 2 amide bonds. The van der Waals surface area contributed by atoms with Crippen LogP contribution in [-0.4, -0.2) is 71.6 Å². The molecule has 0 spiro atoms. The summed E-state index contributed by atoms with van der Waals surface area (Å²) in [4.78, 5) is 44.3. The van der Waals surface area contributed by atoms with E-state index in [9.17, 15) is 27.6 Å². The van der Waals surface area contributed by atoms with E-state index in [0.717, 1.165) is 16.9 Å². The van der Waals surface area contributed by atoms with E-state index in [4.69, 9.17) is 14.6 Å². The number of carboxylic acid groups (broad SMARTS) is 1. The van der Waals surface area contributed by atoms with Crippen molar-refractivity contribution in [3.8, 4) is 0 Å². The molecule has 0 saturated heterocycles. The van der Waals surface area contributed by atoms with Crippen LogP contribution in [-0.2, 0) is 23.9 Å². The summed E-state index contributed by atoms with van der Waals surface area (Å²) in [6.45, 7) is 9.16. The van der Waals surface area contributed by atoms with Crippen molar-refractivity contribution in [3.63, 3.8) is 0 Å². The molecule has 0 heterocycles. The summed E-state index contributed by atoms with van der Waals surface area (Å²) in [6, 6.07) is -0.655. The van der Waals surface area contributed by atoms with Gasteiger partial charge in [-0.2, -0.15) is 13.2 Å². The first-order valence-corrected chi connectivity index (χ1v) is 9.31. The van der Waals surface area contributed by atoms with E-state index in [0.29, 0.717) is 0 Å². The summed E-state index contributed by atoms with van der Waals surface area (Å²) in [7, 11) is 1.52. The van der Waals surface area contributed by atoms with Gasteiger partial charge in [-0.25, -0.2) is 4.79 Å². The SMILES string of the molecule is C=CCOC(=O)CC([AsH2])C(=O)NC(C(=O)NC)C(C)(C)C.O=C(O)C(F)(F)F. The van der Waals surface area contributed by atoms with Crippen molar-refractivity contribution in [1.29, 1.82) is 0 Å². The molecular weight excluding hydrogens is 448 g/mol. The molecule has 0 bridgehead atoms. The molecule has 8 nitrogen and oxygen atoms in total. The van der Waals surface area contributed by atoms with Gasteiger partial charge in [0.25, 0.3) is 0 Å². The Kier molecular flexibility index (Phi) is 12.5. The van der Waals surface area contributed by atoms with E-state index in [1.165, 1.54) is 13.1 Å². The van der Waals surface area contributed by atoms with Gasteiger partial charge in [0, 0.05) is 0 Å². The van der Waals surface area contributed by atoms with Gasteiger partial charge in [0.1, 0.15) is 0 Å². The number of amides is 2. The molecule has 3 atom stereocenters. The first-order valence-electron chi connectivity index (χ1n) is 7.92. The molecule has 0 rings (SSSR count). The predicted molar refractivity (Wildman–Crippen MR) is 97.2 cm³/mol. The minimum Gasteiger partial charge on any atom is -0.475 e. The molecule has 0 fully saturated rings. The number of esters is 1. The Morgan fingerprint density at radius 1 is 1.18 bits per heavy atom. The number of likely N-dealkylation sites (N-methyl/N-ethyl adjacent to an activating group) is 1. The van der Waals surface area contributed by atoms with E-state index in [-0.39, 0.29) is 24.8 Å². The van der Waals surface area contributed by atoms with Crippen LogP contribution in [0.5, 0.6) is 0 Å². The van der Waals surface area contributed by atoms with Crippen molar-refractivity contribution in [2.75, 3.05) is 13.7 Å². The number of nitrogens with one attached hydrogen (secondary N) is 2. The maximum Gasteiger partial charge on any atom is 0.490 e. The molecule has 28 heavy (non-hydrogen) atoms. The monoisotopic (exact) mass is 474 g/mol. The normalized spacial score (nSPS) is 13.1. The van der Waals surface area contributed by atoms with Crippen LogP contribution < -0.4 is 10.6 Å². The molecule has 0 saturated carbocycles. The Hall–Kier alpha value is -2.03. The molecule has 162 valence electrons. The first-order chi connectivity index (χ1) is 12.6. The average molecular weight is 474 g/mol. The fourth-order valence-corrected chi connectivity index (χ4v) is 2.16. The summed E-state index contributed by atoms with van der Waals surface area (Å²) in [5, 5.41) is 12.4. The van der Waals surface area contributed by atoms with Gasteiger partial charge in [-0.1, -0.05) is 0 Å². The third-order valence-electron chi connectivity index (χ3n) is 2.99. The molecule has 0 aromatic rings. The Morgan fingerprint density at radius 2 is 1.64 bits per heavy atom. The number of aliphatic carboxylic acids is 1. The quantitative estimate of drug-likeness (QED) is 0.280. The third-order valence-corrected chi connectivity index (χ3v) is 4.12. The van der Waals surface area contributed by atoms with Crippen LogP contribution in [0.15, 0.2) is 12.7 Å². The van der Waals surface area contributed by atoms with E-state index >= 15 is 0 Å². The number of rotatable bonds is 7. The van der Waals surface area contributed by atoms with Crippen LogP contribution in [0.3, 0.4) is 0 Å². The van der Waals surface area contributed by atoms with Crippen molar-refractivity contribution in [3.05, 3.63) is 12.7 Å². The number of alkyl halides is 3. The van der Waals surface area contributed by atoms with Gasteiger partial charge in [0.05, 0.1) is 0 Å². The minimum absolute atomic E-state index is 0.00964. The van der Waals surface area contributed by atoms with Crippen LogP contribution in [0.2, 0.25) is 4.71 Å². The predicted octanol–water partition coefficient (Wildman–Crippen LogP) is 0.437. The van der Waals surface area contributed by atoms with Crippen LogP contribution in [0, 0.1) is 5.41 Å². The zero-order chi connectivity index (χ0) is 22.7. The number of carbonyl (C=O) groups excluding carboxylic acids is 3. The summed E-state index contributed by atoms with van der Waals surface area (Å²) in [5.41, 5.74) is -0.425. The van der Waals surface area contributed by atoms with Crippen molar-refractivity contribution in [1.82, 2.24) is 10.6 Å². The summed E-state index contributed by atoms with van der Waals surface area (Å²) in [6.07, 6.45) is -3.63. The fraction of sp³-hybridized carbons (Fsp3) is 0.625. The molecule has 0 aromatic heterocycles. The Balaban J connectivity index is 0. The first kappa shape index (κ1) is 28.2. The van der Waals surface area contributed by atoms with Gasteiger partial charge >= 0.3 is 146 Å². The molecule has 3 N–H and O–H groups in total. The molecular formula is C16H26AsF3N2O6. The number of hydrogen-bond acceptors (Lipinski definition) is 5. The van der Waals surface area contributed by atoms with Crippen molar-refractivity contribution >= 4 is 40.6 Å². The van der Waals surface area contributed by atoms with Gasteiger partial charge in [0.2, 0.25) is 0 Å². The Labute approximate surface area is 169 Å². The zero-order valence-electron chi connectivity index (χ0n) is 16.1. The average Bonchev–Trinajstić information content (AvgIpc) is 2.55. The van der Waals surface area contributed by atoms with Crippen molar-refractivity contribution < 1.29 is 42.2 Å². The number of carboxylic acids is 1. The molecule has 3 unspecified atom stereocenters. The number of halogens is 3. The summed E-state index contributed by atoms with van der Waals surface area (Å²) >= 11 is 1.11. The second-order valence-corrected chi connectivity index (χ2v) is 8.20. The fourth-order valence-electron chi connectivity index (χ4n) is 1.55. The summed E-state index contributed by atoms with van der Waals surface area (Å²) < 4.78 is 36.1. The van der Waals surface area contributed by atoms with Gasteiger partial charge in [0.15, 0.2) is 0 Å². The maximum atomic E-state index is 12.1. The van der Waals surface area contributed by atoms with Gasteiger partial charge in [-0.15, -0.1) is 0 Å². The van der Waals surface area contributed by atoms with E-state index < -0.39 is 34.3 Å². The maximum absolute atomic E-state index is 12.1. The van der Waals surface area contributed by atoms with Gasteiger partial charge < -0.3 is 5.11 Å². The second kappa shape index (κ2) is 12.4. The summed E-state index contributed by atoms with van der Waals surface area (Å²) in [5.74, 6) is -3.79. The third kappa shape index (κ3) is 12.4. The topological polar surface area (TPSA) is 122 Å². The molecule has 0 aromatic carbocycles. The molecule has 0 radical (unpaired) electrons. The van der Waals surface area contributed by atoms with E-state index in [1.54, 1.807) is 0 Å². The zero-order valence-corrected chi connectivity index (χ0v) is 18.5. The number of hydrogen-bond donors (Lipinski definition) is 3. The van der Waals surface area contributed by atoms with Crippen molar-refractivity contribution in [2.24, 2.45) is 5.41 Å². The molecule has 12 heteroatoms. The van der Waals surface area contributed by atoms with E-state index in [2.05, 4.69) is 17.2 Å². The van der Waals surface area contributed by atoms with Crippen LogP contribution in [0.4, 0.5) is 13.2 Å². The molecule has 0 aliphatic rings. The number of carbonyl (C=O) groups is 4. The number of ether oxygens (including phenoxy) is 1. The second-order valence-electron chi connectivity index (χ2n) is 6.51. The largest absolute Gasteiger partial charge is 0.490 e. The van der Waals surface area contributed by atoms with Gasteiger partial charge in [-0.3, -0.25) is 0 Å². The molecule has 0 aliphatic carbocycles. The van der Waals surface area contributed by atoms with Crippen molar-refractivity contribution in [2.45, 2.75) is 44.1 Å². The smallest absolute Gasteiger partial charge is 0.475 e. The van der Waals surface area contributed by atoms with E-state index in [1.807, 2.05) is 20.8 Å².